The van der Waals surface area contributed by atoms with Gasteiger partial charge in [0.1, 0.15) is 24.0 Å². The van der Waals surface area contributed by atoms with Gasteiger partial charge in [0.2, 0.25) is 5.95 Å². The molecule has 184 valence electrons. The van der Waals surface area contributed by atoms with Crippen LogP contribution in [0.2, 0.25) is 0 Å². The van der Waals surface area contributed by atoms with Crippen LogP contribution in [0, 0.1) is 18.6 Å². The maximum Gasteiger partial charge on any atom is 0.322 e. The van der Waals surface area contributed by atoms with E-state index in [1.165, 1.54) is 12.1 Å². The van der Waals surface area contributed by atoms with Crippen LogP contribution in [-0.2, 0) is 4.79 Å². The molecule has 1 aliphatic heterocycles. The number of nitrogens with one attached hydrogen (secondary N) is 1. The van der Waals surface area contributed by atoms with Gasteiger partial charge in [0, 0.05) is 56.1 Å². The molecule has 0 amide bonds. The number of rotatable bonds is 8. The van der Waals surface area contributed by atoms with Crippen molar-refractivity contribution in [3.63, 3.8) is 0 Å². The van der Waals surface area contributed by atoms with Gasteiger partial charge in [-0.15, -0.1) is 0 Å². The molecule has 0 unspecified atom stereocenters. The lowest BCUT2D eigenvalue weighted by Crippen LogP contribution is -2.46. The molecule has 1 aliphatic rings. The second-order valence-corrected chi connectivity index (χ2v) is 8.13. The minimum atomic E-state index is -1.02. The van der Waals surface area contributed by atoms with E-state index in [9.17, 15) is 13.6 Å². The molecule has 3 aromatic rings. The predicted molar refractivity (Wildman–Crippen MR) is 128 cm³/mol. The minimum absolute atomic E-state index is 0.00232. The Hall–Kier alpha value is -4.06. The zero-order valence-corrected chi connectivity index (χ0v) is 19.2. The van der Waals surface area contributed by atoms with Gasteiger partial charge >= 0.3 is 5.97 Å². The van der Waals surface area contributed by atoms with Gasteiger partial charge < -0.3 is 21.1 Å². The smallest absolute Gasteiger partial charge is 0.322 e. The normalized spacial score (nSPS) is 14.5. The fourth-order valence-electron chi connectivity index (χ4n) is 3.87. The number of carbonyl (C=O) groups is 1. The maximum atomic E-state index is 13.5. The molecule has 3 heterocycles. The van der Waals surface area contributed by atoms with Crippen molar-refractivity contribution < 1.29 is 18.7 Å². The minimum Gasteiger partial charge on any atom is -0.480 e. The number of nitrogens with two attached hydrogens (primary N) is 1. The number of aromatic nitrogens is 4. The molecular weight excluding hydrogens is 458 g/mol. The van der Waals surface area contributed by atoms with E-state index in [-0.39, 0.29) is 12.5 Å². The number of anilines is 3. The van der Waals surface area contributed by atoms with Crippen LogP contribution in [0.3, 0.4) is 0 Å². The van der Waals surface area contributed by atoms with E-state index < -0.39 is 17.6 Å². The number of carboxylic acid groups (broad SMARTS) is 1. The molecule has 0 radical (unpaired) electrons. The fourth-order valence-corrected chi connectivity index (χ4v) is 3.87. The van der Waals surface area contributed by atoms with Gasteiger partial charge in [-0.05, 0) is 19.1 Å². The molecule has 4 N–H and O–H groups in total. The van der Waals surface area contributed by atoms with Gasteiger partial charge in [0.05, 0.1) is 11.9 Å². The van der Waals surface area contributed by atoms with Crippen molar-refractivity contribution in [1.82, 2.24) is 24.6 Å². The highest BCUT2D eigenvalue weighted by Gasteiger charge is 2.17. The van der Waals surface area contributed by atoms with Crippen molar-refractivity contribution in [3.8, 4) is 5.82 Å². The molecule has 1 saturated heterocycles. The van der Waals surface area contributed by atoms with Gasteiger partial charge in [0.15, 0.2) is 5.82 Å². The summed E-state index contributed by atoms with van der Waals surface area (Å²) in [5.74, 6) is -1.44. The quantitative estimate of drug-likeness (QED) is 0.441. The standard InChI is InChI=1S/C23H26F2N8O2/c1-15-16(13-28-33(15)21-12-20(27-14-22(34)35)29-23(26)30-21)3-2-4-31-5-7-32(8-6-31)19-10-17(24)9-18(25)11-19/h2-3,9-13H,4-8,14H2,1H3,(H,34,35)(H3,26,27,29,30). The average Bonchev–Trinajstić information content (AvgIpc) is 3.17. The van der Waals surface area contributed by atoms with Crippen molar-refractivity contribution in [2.45, 2.75) is 6.92 Å². The van der Waals surface area contributed by atoms with E-state index in [0.717, 1.165) is 37.0 Å². The summed E-state index contributed by atoms with van der Waals surface area (Å²) < 4.78 is 28.6. The highest BCUT2D eigenvalue weighted by Crippen LogP contribution is 2.20. The summed E-state index contributed by atoms with van der Waals surface area (Å²) in [5.41, 5.74) is 8.07. The Balaban J connectivity index is 1.36. The zero-order chi connectivity index (χ0) is 24.9. The monoisotopic (exact) mass is 484 g/mol. The van der Waals surface area contributed by atoms with Gasteiger partial charge in [-0.2, -0.15) is 15.1 Å². The fraction of sp³-hybridized carbons (Fsp3) is 0.304. The van der Waals surface area contributed by atoms with Gasteiger partial charge in [-0.1, -0.05) is 12.2 Å². The number of benzene rings is 1. The second-order valence-electron chi connectivity index (χ2n) is 8.13. The van der Waals surface area contributed by atoms with E-state index >= 15 is 0 Å². The SMILES string of the molecule is Cc1c(C=CCN2CCN(c3cc(F)cc(F)c3)CC2)cnn1-c1cc(NCC(=O)O)nc(N)n1. The van der Waals surface area contributed by atoms with Crippen LogP contribution in [0.4, 0.5) is 26.2 Å². The third-order valence-electron chi connectivity index (χ3n) is 5.66. The summed E-state index contributed by atoms with van der Waals surface area (Å²) in [4.78, 5) is 23.2. The molecule has 0 bridgehead atoms. The first-order chi connectivity index (χ1) is 16.8. The third-order valence-corrected chi connectivity index (χ3v) is 5.66. The molecule has 0 aliphatic carbocycles. The van der Waals surface area contributed by atoms with Crippen molar-refractivity contribution in [1.29, 1.82) is 0 Å². The maximum absolute atomic E-state index is 13.5. The molecular formula is C23H26F2N8O2. The second kappa shape index (κ2) is 10.5. The van der Waals surface area contributed by atoms with Crippen LogP contribution in [0.1, 0.15) is 11.3 Å². The number of hydrogen-bond donors (Lipinski definition) is 3. The Bertz CT molecular complexity index is 1220. The summed E-state index contributed by atoms with van der Waals surface area (Å²) in [7, 11) is 0. The van der Waals surface area contributed by atoms with E-state index in [0.29, 0.717) is 30.4 Å². The Morgan fingerprint density at radius 3 is 2.54 bits per heavy atom. The van der Waals surface area contributed by atoms with Gasteiger partial charge in [-0.3, -0.25) is 9.69 Å². The molecule has 0 atom stereocenters. The molecule has 1 aromatic carbocycles. The van der Waals surface area contributed by atoms with Crippen LogP contribution >= 0.6 is 0 Å². The highest BCUT2D eigenvalue weighted by molar-refractivity contribution is 5.72. The first kappa shape index (κ1) is 24.1. The van der Waals surface area contributed by atoms with Gasteiger partial charge in [0.25, 0.3) is 0 Å². The lowest BCUT2D eigenvalue weighted by molar-refractivity contribution is -0.134. The molecule has 0 spiro atoms. The number of piperazine rings is 1. The Morgan fingerprint density at radius 2 is 1.86 bits per heavy atom. The molecule has 10 nitrogen and oxygen atoms in total. The van der Waals surface area contributed by atoms with Crippen LogP contribution < -0.4 is 16.0 Å². The van der Waals surface area contributed by atoms with E-state index in [1.807, 2.05) is 24.0 Å². The van der Waals surface area contributed by atoms with Crippen molar-refractivity contribution in [3.05, 3.63) is 59.4 Å². The average molecular weight is 485 g/mol. The van der Waals surface area contributed by atoms with E-state index in [4.69, 9.17) is 10.8 Å². The van der Waals surface area contributed by atoms with Crippen molar-refractivity contribution >= 4 is 29.5 Å². The summed E-state index contributed by atoms with van der Waals surface area (Å²) in [6, 6.07) is 5.17. The Morgan fingerprint density at radius 1 is 1.14 bits per heavy atom. The Labute approximate surface area is 200 Å². The molecule has 1 fully saturated rings. The third kappa shape index (κ3) is 6.09. The van der Waals surface area contributed by atoms with Crippen LogP contribution in [0.5, 0.6) is 0 Å². The number of aliphatic carboxylic acids is 1. The van der Waals surface area contributed by atoms with E-state index in [1.54, 1.807) is 16.9 Å². The largest absolute Gasteiger partial charge is 0.480 e. The van der Waals surface area contributed by atoms with E-state index in [2.05, 4.69) is 25.3 Å². The number of halogens is 2. The van der Waals surface area contributed by atoms with Crippen LogP contribution in [0.15, 0.2) is 36.5 Å². The molecule has 4 rings (SSSR count). The predicted octanol–water partition coefficient (Wildman–Crippen LogP) is 2.16. The summed E-state index contributed by atoms with van der Waals surface area (Å²) in [6.45, 7) is 5.23. The molecule has 0 saturated carbocycles. The number of nitrogens with zero attached hydrogens (tertiary/aromatic N) is 6. The number of hydrogen-bond acceptors (Lipinski definition) is 8. The van der Waals surface area contributed by atoms with Crippen LogP contribution in [0.25, 0.3) is 11.9 Å². The van der Waals surface area contributed by atoms with Crippen molar-refractivity contribution in [2.75, 3.05) is 55.2 Å². The highest BCUT2D eigenvalue weighted by atomic mass is 19.1. The van der Waals surface area contributed by atoms with Crippen LogP contribution in [-0.4, -0.2) is 75.0 Å². The van der Waals surface area contributed by atoms with Gasteiger partial charge in [-0.25, -0.2) is 13.5 Å². The topological polar surface area (TPSA) is 125 Å². The zero-order valence-electron chi connectivity index (χ0n) is 19.2. The first-order valence-corrected chi connectivity index (χ1v) is 11.0. The summed E-state index contributed by atoms with van der Waals surface area (Å²) >= 11 is 0. The summed E-state index contributed by atoms with van der Waals surface area (Å²) in [6.07, 6.45) is 5.73. The number of carboxylic acids is 1. The lowest BCUT2D eigenvalue weighted by Gasteiger charge is -2.35. The Kier molecular flexibility index (Phi) is 7.20. The molecule has 35 heavy (non-hydrogen) atoms. The lowest BCUT2D eigenvalue weighted by atomic mass is 10.2. The molecule has 2 aromatic heterocycles. The van der Waals surface area contributed by atoms with Crippen molar-refractivity contribution in [2.24, 2.45) is 0 Å². The first-order valence-electron chi connectivity index (χ1n) is 11.0. The number of nitrogen functional groups attached to an aromatic ring is 1. The molecule has 12 heteroatoms. The summed E-state index contributed by atoms with van der Waals surface area (Å²) in [5, 5.41) is 15.9.